The van der Waals surface area contributed by atoms with Gasteiger partial charge in [-0.05, 0) is 38.1 Å². The van der Waals surface area contributed by atoms with Gasteiger partial charge in [0.05, 0.1) is 12.4 Å². The van der Waals surface area contributed by atoms with E-state index in [2.05, 4.69) is 10.2 Å². The highest BCUT2D eigenvalue weighted by atomic mass is 16.3. The molecule has 0 fully saturated rings. The van der Waals surface area contributed by atoms with Crippen molar-refractivity contribution in [1.29, 1.82) is 0 Å². The zero-order valence-electron chi connectivity index (χ0n) is 17.6. The lowest BCUT2D eigenvalue weighted by atomic mass is 10.1. The molecule has 6 nitrogen and oxygen atoms in total. The van der Waals surface area contributed by atoms with E-state index in [0.717, 1.165) is 11.1 Å². The molecule has 0 unspecified atom stereocenters. The van der Waals surface area contributed by atoms with Crippen LogP contribution >= 0.6 is 0 Å². The number of carbonyl (C=O) groups is 2. The van der Waals surface area contributed by atoms with Crippen LogP contribution in [-0.4, -0.2) is 24.0 Å². The summed E-state index contributed by atoms with van der Waals surface area (Å²) in [5.74, 6) is 2.51. The highest BCUT2D eigenvalue weighted by Gasteiger charge is 2.06. The van der Waals surface area contributed by atoms with Crippen LogP contribution in [-0.2, 0) is 0 Å². The summed E-state index contributed by atoms with van der Waals surface area (Å²) in [7, 11) is 0. The molecule has 2 aromatic carbocycles. The number of hydrogen-bond donors (Lipinski definition) is 0. The van der Waals surface area contributed by atoms with Gasteiger partial charge < -0.3 is 8.83 Å². The second-order valence-electron chi connectivity index (χ2n) is 7.16. The first-order valence-electron chi connectivity index (χ1n) is 9.98. The normalized spacial score (nSPS) is 11.4. The van der Waals surface area contributed by atoms with Gasteiger partial charge in [-0.25, -0.2) is 0 Å². The van der Waals surface area contributed by atoms with Crippen LogP contribution in [0.4, 0.5) is 0 Å². The molecule has 0 aliphatic heterocycles. The Balaban J connectivity index is 1.39. The van der Waals surface area contributed by atoms with Crippen molar-refractivity contribution in [2.24, 2.45) is 10.2 Å². The molecule has 0 saturated carbocycles. The molecule has 2 aromatic heterocycles. The van der Waals surface area contributed by atoms with Crippen LogP contribution in [0.3, 0.4) is 0 Å². The topological polar surface area (TPSA) is 85.1 Å². The Kier molecular flexibility index (Phi) is 6.03. The van der Waals surface area contributed by atoms with Gasteiger partial charge in [0.2, 0.25) is 0 Å². The standard InChI is InChI=1S/C26H20N2O4/c1-17(29)19-3-7-21(8-4-19)25-13-11-23(31-25)15-27-28-16-24-12-14-26(32-24)22-9-5-20(6-10-22)18(2)30/h3-16H,1-2H3/b27-15-,28-16-. The van der Waals surface area contributed by atoms with Gasteiger partial charge in [0.1, 0.15) is 23.0 Å². The molecular formula is C26H20N2O4. The number of ketones is 2. The number of carbonyl (C=O) groups excluding carboxylic acids is 2. The first-order valence-corrected chi connectivity index (χ1v) is 9.98. The van der Waals surface area contributed by atoms with E-state index in [-0.39, 0.29) is 11.6 Å². The van der Waals surface area contributed by atoms with Gasteiger partial charge in [-0.1, -0.05) is 48.5 Å². The van der Waals surface area contributed by atoms with E-state index in [9.17, 15) is 9.59 Å². The monoisotopic (exact) mass is 424 g/mol. The third-order valence-corrected chi connectivity index (χ3v) is 4.84. The number of furan rings is 2. The summed E-state index contributed by atoms with van der Waals surface area (Å²) in [4.78, 5) is 22.8. The van der Waals surface area contributed by atoms with Gasteiger partial charge in [-0.15, -0.1) is 0 Å². The third kappa shape index (κ3) is 4.87. The lowest BCUT2D eigenvalue weighted by Gasteiger charge is -1.98. The van der Waals surface area contributed by atoms with Crippen LogP contribution in [0.2, 0.25) is 0 Å². The van der Waals surface area contributed by atoms with Crippen molar-refractivity contribution in [2.45, 2.75) is 13.8 Å². The number of nitrogens with zero attached hydrogens (tertiary/aromatic N) is 2. The summed E-state index contributed by atoms with van der Waals surface area (Å²) >= 11 is 0. The fourth-order valence-electron chi connectivity index (χ4n) is 3.07. The van der Waals surface area contributed by atoms with Gasteiger partial charge in [-0.3, -0.25) is 9.59 Å². The van der Waals surface area contributed by atoms with Gasteiger partial charge >= 0.3 is 0 Å². The average Bonchev–Trinajstić information content (AvgIpc) is 3.47. The van der Waals surface area contributed by atoms with E-state index >= 15 is 0 Å². The van der Waals surface area contributed by atoms with Crippen LogP contribution in [0.5, 0.6) is 0 Å². The van der Waals surface area contributed by atoms with Gasteiger partial charge in [0.25, 0.3) is 0 Å². The molecule has 0 radical (unpaired) electrons. The smallest absolute Gasteiger partial charge is 0.159 e. The Morgan fingerprint density at radius 3 is 1.31 bits per heavy atom. The van der Waals surface area contributed by atoms with Crippen molar-refractivity contribution >= 4 is 24.0 Å². The molecule has 0 bridgehead atoms. The van der Waals surface area contributed by atoms with Gasteiger partial charge in [0.15, 0.2) is 11.6 Å². The zero-order chi connectivity index (χ0) is 22.5. The van der Waals surface area contributed by atoms with E-state index in [1.165, 1.54) is 26.3 Å². The lowest BCUT2D eigenvalue weighted by molar-refractivity contribution is 0.100. The Bertz CT molecular complexity index is 1200. The molecule has 0 N–H and O–H groups in total. The molecule has 0 aliphatic rings. The Hall–Kier alpha value is -4.32. The minimum absolute atomic E-state index is 0.0243. The van der Waals surface area contributed by atoms with Crippen LogP contribution in [0.15, 0.2) is 91.8 Å². The summed E-state index contributed by atoms with van der Waals surface area (Å²) in [5, 5.41) is 8.01. The third-order valence-electron chi connectivity index (χ3n) is 4.84. The van der Waals surface area contributed by atoms with E-state index in [1.807, 2.05) is 36.4 Å². The van der Waals surface area contributed by atoms with Crippen LogP contribution in [0.1, 0.15) is 46.1 Å². The summed E-state index contributed by atoms with van der Waals surface area (Å²) in [6, 6.07) is 21.7. The molecule has 0 spiro atoms. The van der Waals surface area contributed by atoms with E-state index < -0.39 is 0 Å². The van der Waals surface area contributed by atoms with Crippen LogP contribution in [0.25, 0.3) is 22.6 Å². The number of benzene rings is 2. The molecule has 0 saturated heterocycles. The fraction of sp³-hybridized carbons (Fsp3) is 0.0769. The molecule has 4 rings (SSSR count). The molecule has 4 aromatic rings. The number of hydrogen-bond acceptors (Lipinski definition) is 6. The molecule has 0 atom stereocenters. The quantitative estimate of drug-likeness (QED) is 0.205. The summed E-state index contributed by atoms with van der Waals surface area (Å²) in [6.45, 7) is 3.07. The van der Waals surface area contributed by atoms with E-state index in [0.29, 0.717) is 34.2 Å². The maximum absolute atomic E-state index is 11.4. The molecule has 2 heterocycles. The first-order chi connectivity index (χ1) is 15.5. The second kappa shape index (κ2) is 9.22. The van der Waals surface area contributed by atoms with E-state index in [1.54, 1.807) is 36.4 Å². The number of rotatable bonds is 7. The number of Topliss-reactive ketones (excluding diaryl/α,β-unsaturated/α-hetero) is 2. The van der Waals surface area contributed by atoms with Crippen molar-refractivity contribution in [3.8, 4) is 22.6 Å². The minimum atomic E-state index is 0.0243. The predicted molar refractivity (Wildman–Crippen MR) is 123 cm³/mol. The average molecular weight is 424 g/mol. The minimum Gasteiger partial charge on any atom is -0.455 e. The molecule has 6 heteroatoms. The van der Waals surface area contributed by atoms with Crippen LogP contribution < -0.4 is 0 Å². The predicted octanol–water partition coefficient (Wildman–Crippen LogP) is 6.06. The molecular weight excluding hydrogens is 404 g/mol. The molecule has 0 amide bonds. The molecule has 32 heavy (non-hydrogen) atoms. The van der Waals surface area contributed by atoms with Gasteiger partial charge in [0, 0.05) is 22.3 Å². The molecule has 158 valence electrons. The fourth-order valence-corrected chi connectivity index (χ4v) is 3.07. The Labute approximate surface area is 184 Å². The maximum atomic E-state index is 11.4. The molecule has 0 aliphatic carbocycles. The largest absolute Gasteiger partial charge is 0.455 e. The van der Waals surface area contributed by atoms with Crippen molar-refractivity contribution < 1.29 is 18.4 Å². The van der Waals surface area contributed by atoms with Crippen molar-refractivity contribution in [2.75, 3.05) is 0 Å². The summed E-state index contributed by atoms with van der Waals surface area (Å²) in [6.07, 6.45) is 3.02. The zero-order valence-corrected chi connectivity index (χ0v) is 17.6. The SMILES string of the molecule is CC(=O)c1ccc(-c2ccc(/C=N\N=C/c3ccc(-c4ccc(C(C)=O)cc4)o3)o2)cc1. The van der Waals surface area contributed by atoms with Gasteiger partial charge in [-0.2, -0.15) is 10.2 Å². The summed E-state index contributed by atoms with van der Waals surface area (Å²) in [5.41, 5.74) is 3.06. The van der Waals surface area contributed by atoms with Crippen molar-refractivity contribution in [3.05, 3.63) is 95.4 Å². The Morgan fingerprint density at radius 2 is 0.969 bits per heavy atom. The lowest BCUT2D eigenvalue weighted by Crippen LogP contribution is -1.90. The second-order valence-corrected chi connectivity index (χ2v) is 7.16. The Morgan fingerprint density at radius 1 is 0.594 bits per heavy atom. The summed E-state index contributed by atoms with van der Waals surface area (Å²) < 4.78 is 11.5. The highest BCUT2D eigenvalue weighted by Crippen LogP contribution is 2.23. The highest BCUT2D eigenvalue weighted by molar-refractivity contribution is 5.95. The first kappa shape index (κ1) is 20.9. The maximum Gasteiger partial charge on any atom is 0.159 e. The van der Waals surface area contributed by atoms with E-state index in [4.69, 9.17) is 8.83 Å². The van der Waals surface area contributed by atoms with Crippen molar-refractivity contribution in [1.82, 2.24) is 0 Å². The van der Waals surface area contributed by atoms with Crippen molar-refractivity contribution in [3.63, 3.8) is 0 Å². The van der Waals surface area contributed by atoms with Crippen LogP contribution in [0, 0.1) is 0 Å².